The fourth-order valence-corrected chi connectivity index (χ4v) is 4.69. The normalized spacial score (nSPS) is 16.7. The van der Waals surface area contributed by atoms with E-state index in [1.165, 1.54) is 20.3 Å². The van der Waals surface area contributed by atoms with Gasteiger partial charge in [-0.05, 0) is 38.1 Å². The summed E-state index contributed by atoms with van der Waals surface area (Å²) in [6.07, 6.45) is 1.57. The van der Waals surface area contributed by atoms with Crippen molar-refractivity contribution in [3.8, 4) is 23.0 Å². The van der Waals surface area contributed by atoms with Crippen molar-refractivity contribution in [3.63, 3.8) is 0 Å². The Morgan fingerprint density at radius 3 is 2.39 bits per heavy atom. The summed E-state index contributed by atoms with van der Waals surface area (Å²) in [4.78, 5) is 13.0. The van der Waals surface area contributed by atoms with Crippen LogP contribution in [0.5, 0.6) is 23.0 Å². The van der Waals surface area contributed by atoms with E-state index in [1.54, 1.807) is 31.4 Å². The number of hydrogen-bond donors (Lipinski definition) is 1. The topological polar surface area (TPSA) is 103 Å². The largest absolute Gasteiger partial charge is 0.497 e. The molecule has 0 aliphatic carbocycles. The highest BCUT2D eigenvalue weighted by atomic mass is 32.2. The van der Waals surface area contributed by atoms with Crippen LogP contribution in [-0.4, -0.2) is 54.1 Å². The number of ether oxygens (including phenoxy) is 4. The van der Waals surface area contributed by atoms with E-state index in [2.05, 4.69) is 5.32 Å². The molecular weight excluding hydrogens is 448 g/mol. The van der Waals surface area contributed by atoms with Gasteiger partial charge in [0.25, 0.3) is 0 Å². The van der Waals surface area contributed by atoms with Crippen LogP contribution < -0.4 is 28.6 Å². The summed E-state index contributed by atoms with van der Waals surface area (Å²) in [6, 6.07) is 9.75. The standard InChI is InChI=1S/C23H30N2O7S/c1-23(2)13-18(17-9-8-16(29-3)12-20(17)32-23)24-22(26)14-25(33(6,27)28)15-7-10-19(30-4)21(11-15)31-5/h7-12,18H,13-14H2,1-6H3,(H,24,26). The number of carbonyl (C=O) groups excluding carboxylic acids is 1. The molecule has 0 bridgehead atoms. The average Bonchev–Trinajstić information content (AvgIpc) is 2.74. The lowest BCUT2D eigenvalue weighted by atomic mass is 9.89. The number of carbonyl (C=O) groups is 1. The number of sulfonamides is 1. The molecule has 3 rings (SSSR count). The first-order valence-corrected chi connectivity index (χ1v) is 12.2. The zero-order valence-electron chi connectivity index (χ0n) is 19.7. The Bertz CT molecular complexity index is 1130. The molecule has 2 aromatic rings. The maximum atomic E-state index is 13.0. The van der Waals surface area contributed by atoms with Crippen LogP contribution in [0.4, 0.5) is 5.69 Å². The fraction of sp³-hybridized carbons (Fsp3) is 0.435. The van der Waals surface area contributed by atoms with E-state index < -0.39 is 28.1 Å². The van der Waals surface area contributed by atoms with Gasteiger partial charge in [0.1, 0.15) is 23.6 Å². The Kier molecular flexibility index (Phi) is 6.97. The average molecular weight is 479 g/mol. The zero-order chi connectivity index (χ0) is 24.4. The zero-order valence-corrected chi connectivity index (χ0v) is 20.5. The number of nitrogens with zero attached hydrogens (tertiary/aromatic N) is 1. The summed E-state index contributed by atoms with van der Waals surface area (Å²) in [5, 5.41) is 2.97. The van der Waals surface area contributed by atoms with E-state index in [0.29, 0.717) is 35.1 Å². The Morgan fingerprint density at radius 2 is 1.79 bits per heavy atom. The van der Waals surface area contributed by atoms with Crippen molar-refractivity contribution in [2.45, 2.75) is 31.9 Å². The molecule has 2 aromatic carbocycles. The van der Waals surface area contributed by atoms with Gasteiger partial charge in [0, 0.05) is 24.1 Å². The number of benzene rings is 2. The van der Waals surface area contributed by atoms with Crippen LogP contribution in [0.2, 0.25) is 0 Å². The molecule has 1 amide bonds. The predicted molar refractivity (Wildman–Crippen MR) is 125 cm³/mol. The molecule has 1 atom stereocenters. The van der Waals surface area contributed by atoms with Crippen LogP contribution in [0.3, 0.4) is 0 Å². The second kappa shape index (κ2) is 9.38. The highest BCUT2D eigenvalue weighted by Crippen LogP contribution is 2.41. The number of nitrogens with one attached hydrogen (secondary N) is 1. The summed E-state index contributed by atoms with van der Waals surface area (Å²) in [7, 11) is 0.761. The molecule has 0 spiro atoms. The second-order valence-electron chi connectivity index (χ2n) is 8.40. The van der Waals surface area contributed by atoms with E-state index in [4.69, 9.17) is 18.9 Å². The van der Waals surface area contributed by atoms with E-state index in [-0.39, 0.29) is 6.04 Å². The number of amides is 1. The van der Waals surface area contributed by atoms with Gasteiger partial charge in [0.2, 0.25) is 15.9 Å². The lowest BCUT2D eigenvalue weighted by molar-refractivity contribution is -0.120. The van der Waals surface area contributed by atoms with Gasteiger partial charge in [-0.15, -0.1) is 0 Å². The molecule has 10 heteroatoms. The first-order valence-electron chi connectivity index (χ1n) is 10.3. The van der Waals surface area contributed by atoms with Crippen LogP contribution in [0.25, 0.3) is 0 Å². The van der Waals surface area contributed by atoms with Crippen LogP contribution in [-0.2, 0) is 14.8 Å². The highest BCUT2D eigenvalue weighted by molar-refractivity contribution is 7.92. The summed E-state index contributed by atoms with van der Waals surface area (Å²) in [6.45, 7) is 3.47. The Labute approximate surface area is 194 Å². The minimum absolute atomic E-state index is 0.294. The molecule has 0 aromatic heterocycles. The summed E-state index contributed by atoms with van der Waals surface area (Å²) in [5.41, 5.74) is 0.570. The van der Waals surface area contributed by atoms with Crippen molar-refractivity contribution >= 4 is 21.6 Å². The molecule has 0 radical (unpaired) electrons. The minimum Gasteiger partial charge on any atom is -0.497 e. The van der Waals surface area contributed by atoms with E-state index in [1.807, 2.05) is 19.9 Å². The Hall–Kier alpha value is -3.14. The highest BCUT2D eigenvalue weighted by Gasteiger charge is 2.35. The summed E-state index contributed by atoms with van der Waals surface area (Å²) in [5.74, 6) is 1.64. The molecule has 1 N–H and O–H groups in total. The predicted octanol–water partition coefficient (Wildman–Crippen LogP) is 2.90. The molecule has 1 aliphatic heterocycles. The van der Waals surface area contributed by atoms with Gasteiger partial charge in [-0.3, -0.25) is 9.10 Å². The van der Waals surface area contributed by atoms with Gasteiger partial charge >= 0.3 is 0 Å². The van der Waals surface area contributed by atoms with Crippen LogP contribution in [0, 0.1) is 0 Å². The van der Waals surface area contributed by atoms with Gasteiger partial charge in [-0.25, -0.2) is 8.42 Å². The molecule has 0 saturated heterocycles. The third-order valence-electron chi connectivity index (χ3n) is 5.36. The van der Waals surface area contributed by atoms with Gasteiger partial charge < -0.3 is 24.3 Å². The van der Waals surface area contributed by atoms with Gasteiger partial charge in [-0.2, -0.15) is 0 Å². The smallest absolute Gasteiger partial charge is 0.241 e. The molecule has 1 unspecified atom stereocenters. The van der Waals surface area contributed by atoms with Crippen molar-refractivity contribution in [1.29, 1.82) is 0 Å². The van der Waals surface area contributed by atoms with Crippen molar-refractivity contribution < 1.29 is 32.2 Å². The van der Waals surface area contributed by atoms with Crippen molar-refractivity contribution in [3.05, 3.63) is 42.0 Å². The van der Waals surface area contributed by atoms with Crippen LogP contribution in [0.15, 0.2) is 36.4 Å². The lowest BCUT2D eigenvalue weighted by Gasteiger charge is -2.38. The SMILES string of the molecule is COc1ccc2c(c1)OC(C)(C)CC2NC(=O)CN(c1ccc(OC)c(OC)c1)S(C)(=O)=O. The minimum atomic E-state index is -3.76. The molecule has 33 heavy (non-hydrogen) atoms. The summed E-state index contributed by atoms with van der Waals surface area (Å²) >= 11 is 0. The number of hydrogen-bond acceptors (Lipinski definition) is 7. The van der Waals surface area contributed by atoms with Gasteiger partial charge in [0.15, 0.2) is 11.5 Å². The number of methoxy groups -OCH3 is 3. The molecule has 9 nitrogen and oxygen atoms in total. The molecule has 180 valence electrons. The molecule has 1 heterocycles. The van der Waals surface area contributed by atoms with Crippen molar-refractivity contribution in [1.82, 2.24) is 5.32 Å². The van der Waals surface area contributed by atoms with E-state index in [0.717, 1.165) is 16.1 Å². The first kappa shape index (κ1) is 24.5. The third-order valence-corrected chi connectivity index (χ3v) is 6.50. The summed E-state index contributed by atoms with van der Waals surface area (Å²) < 4.78 is 47.9. The van der Waals surface area contributed by atoms with Crippen molar-refractivity contribution in [2.75, 3.05) is 38.4 Å². The molecule has 1 aliphatic rings. The number of fused-ring (bicyclic) bond motifs is 1. The monoisotopic (exact) mass is 478 g/mol. The molecule has 0 fully saturated rings. The fourth-order valence-electron chi connectivity index (χ4n) is 3.84. The quantitative estimate of drug-likeness (QED) is 0.622. The number of anilines is 1. The van der Waals surface area contributed by atoms with Gasteiger partial charge in [-0.1, -0.05) is 0 Å². The van der Waals surface area contributed by atoms with Crippen molar-refractivity contribution in [2.24, 2.45) is 0 Å². The van der Waals surface area contributed by atoms with E-state index >= 15 is 0 Å². The van der Waals surface area contributed by atoms with Crippen LogP contribution in [0.1, 0.15) is 31.9 Å². The number of rotatable bonds is 8. The van der Waals surface area contributed by atoms with Crippen LogP contribution >= 0.6 is 0 Å². The van der Waals surface area contributed by atoms with Gasteiger partial charge in [0.05, 0.1) is 39.3 Å². The maximum Gasteiger partial charge on any atom is 0.241 e. The maximum absolute atomic E-state index is 13.0. The second-order valence-corrected chi connectivity index (χ2v) is 10.3. The third kappa shape index (κ3) is 5.62. The Morgan fingerprint density at radius 1 is 1.09 bits per heavy atom. The van der Waals surface area contributed by atoms with E-state index in [9.17, 15) is 13.2 Å². The first-order chi connectivity index (χ1) is 15.5. The molecular formula is C23H30N2O7S. The Balaban J connectivity index is 1.86. The molecule has 0 saturated carbocycles. The lowest BCUT2D eigenvalue weighted by Crippen LogP contribution is -2.45.